The van der Waals surface area contributed by atoms with E-state index in [0.29, 0.717) is 6.61 Å². The van der Waals surface area contributed by atoms with E-state index in [1.165, 1.54) is 0 Å². The van der Waals surface area contributed by atoms with Crippen molar-refractivity contribution in [2.24, 2.45) is 0 Å². The number of ether oxygens (including phenoxy) is 1. The van der Waals surface area contributed by atoms with Crippen LogP contribution in [0, 0.1) is 12.3 Å². The van der Waals surface area contributed by atoms with Crippen LogP contribution in [0.25, 0.3) is 0 Å². The highest BCUT2D eigenvalue weighted by molar-refractivity contribution is 7.89. The van der Waals surface area contributed by atoms with Gasteiger partial charge in [0, 0.05) is 6.61 Å². The van der Waals surface area contributed by atoms with E-state index in [4.69, 9.17) is 11.2 Å². The molecular weight excluding hydrogens is 202 g/mol. The van der Waals surface area contributed by atoms with E-state index in [1.54, 1.807) is 13.8 Å². The minimum atomic E-state index is -3.34. The molecule has 0 amide bonds. The molecule has 0 saturated carbocycles. The van der Waals surface area contributed by atoms with Crippen molar-refractivity contribution in [2.75, 3.05) is 19.0 Å². The van der Waals surface area contributed by atoms with E-state index in [2.05, 4.69) is 10.6 Å². The van der Waals surface area contributed by atoms with Crippen LogP contribution >= 0.6 is 0 Å². The maximum absolute atomic E-state index is 11.4. The van der Waals surface area contributed by atoms with Crippen LogP contribution < -0.4 is 4.72 Å². The van der Waals surface area contributed by atoms with Crippen LogP contribution in [0.2, 0.25) is 0 Å². The van der Waals surface area contributed by atoms with Gasteiger partial charge in [-0.1, -0.05) is 5.92 Å². The van der Waals surface area contributed by atoms with Crippen LogP contribution in [0.1, 0.15) is 20.8 Å². The summed E-state index contributed by atoms with van der Waals surface area (Å²) in [5, 5.41) is 0. The Morgan fingerprint density at radius 3 is 2.50 bits per heavy atom. The first-order valence-electron chi connectivity index (χ1n) is 4.40. The average molecular weight is 219 g/mol. The molecule has 0 heterocycles. The lowest BCUT2D eigenvalue weighted by Crippen LogP contribution is -2.43. The van der Waals surface area contributed by atoms with Crippen molar-refractivity contribution in [2.45, 2.75) is 26.3 Å². The number of sulfonamides is 1. The predicted octanol–water partition coefficient (Wildman–Crippen LogP) is 0.354. The van der Waals surface area contributed by atoms with E-state index < -0.39 is 15.6 Å². The number of hydrogen-bond acceptors (Lipinski definition) is 3. The molecule has 0 aromatic carbocycles. The predicted molar refractivity (Wildman–Crippen MR) is 56.3 cm³/mol. The molecule has 0 radical (unpaired) electrons. The normalized spacial score (nSPS) is 12.4. The second-order valence-corrected chi connectivity index (χ2v) is 5.23. The molecule has 0 bridgehead atoms. The molecule has 0 aromatic heterocycles. The van der Waals surface area contributed by atoms with Gasteiger partial charge in [-0.3, -0.25) is 0 Å². The Hall–Kier alpha value is -0.570. The van der Waals surface area contributed by atoms with Gasteiger partial charge in [0.15, 0.2) is 0 Å². The zero-order valence-corrected chi connectivity index (χ0v) is 9.65. The highest BCUT2D eigenvalue weighted by Gasteiger charge is 2.21. The van der Waals surface area contributed by atoms with Crippen LogP contribution in [0.4, 0.5) is 0 Å². The number of nitrogens with one attached hydrogen (secondary N) is 1. The Labute approximate surface area is 86.1 Å². The molecule has 1 N–H and O–H groups in total. The zero-order valence-electron chi connectivity index (χ0n) is 8.83. The van der Waals surface area contributed by atoms with E-state index >= 15 is 0 Å². The van der Waals surface area contributed by atoms with Crippen molar-refractivity contribution >= 4 is 10.0 Å². The molecule has 0 aliphatic rings. The van der Waals surface area contributed by atoms with Gasteiger partial charge >= 0.3 is 0 Å². The fraction of sp³-hybridized carbons (Fsp3) is 0.778. The van der Waals surface area contributed by atoms with Gasteiger partial charge in [0.2, 0.25) is 10.0 Å². The van der Waals surface area contributed by atoms with Gasteiger partial charge in [-0.05, 0) is 20.8 Å². The third-order valence-corrected chi connectivity index (χ3v) is 3.00. The molecule has 0 fully saturated rings. The largest absolute Gasteiger partial charge is 0.381 e. The zero-order chi connectivity index (χ0) is 11.2. The molecule has 5 heteroatoms. The van der Waals surface area contributed by atoms with Crippen molar-refractivity contribution < 1.29 is 13.2 Å². The summed E-state index contributed by atoms with van der Waals surface area (Å²) in [5.41, 5.74) is -0.842. The van der Waals surface area contributed by atoms with Gasteiger partial charge in [0.05, 0.1) is 17.9 Å². The fourth-order valence-corrected chi connectivity index (χ4v) is 2.06. The Morgan fingerprint density at radius 1 is 1.50 bits per heavy atom. The monoisotopic (exact) mass is 219 g/mol. The maximum Gasteiger partial charge on any atom is 0.215 e. The highest BCUT2D eigenvalue weighted by Crippen LogP contribution is 2.02. The van der Waals surface area contributed by atoms with Gasteiger partial charge in [0.25, 0.3) is 0 Å². The molecule has 4 nitrogen and oxygen atoms in total. The fourth-order valence-electron chi connectivity index (χ4n) is 0.782. The summed E-state index contributed by atoms with van der Waals surface area (Å²) in [4.78, 5) is 0. The molecule has 14 heavy (non-hydrogen) atoms. The molecule has 0 aliphatic heterocycles. The van der Waals surface area contributed by atoms with Crippen molar-refractivity contribution in [1.82, 2.24) is 4.72 Å². The van der Waals surface area contributed by atoms with Gasteiger partial charge in [-0.15, -0.1) is 6.42 Å². The first kappa shape index (κ1) is 13.4. The van der Waals surface area contributed by atoms with Gasteiger partial charge in [0.1, 0.15) is 0 Å². The maximum atomic E-state index is 11.4. The van der Waals surface area contributed by atoms with Crippen molar-refractivity contribution in [3.63, 3.8) is 0 Å². The van der Waals surface area contributed by atoms with Gasteiger partial charge in [-0.25, -0.2) is 8.42 Å². The molecule has 0 unspecified atom stereocenters. The van der Waals surface area contributed by atoms with E-state index in [0.717, 1.165) is 0 Å². The number of rotatable bonds is 6. The standard InChI is InChI=1S/C9H17NO3S/c1-5-9(3,4)10-14(11,12)8-7-13-6-2/h1,10H,6-8H2,2-4H3. The topological polar surface area (TPSA) is 55.4 Å². The van der Waals surface area contributed by atoms with Crippen LogP contribution in [0.15, 0.2) is 0 Å². The van der Waals surface area contributed by atoms with Crippen molar-refractivity contribution in [1.29, 1.82) is 0 Å². The molecular formula is C9H17NO3S. The molecule has 0 aromatic rings. The summed E-state index contributed by atoms with van der Waals surface area (Å²) in [6, 6.07) is 0. The lowest BCUT2D eigenvalue weighted by molar-refractivity contribution is 0.163. The summed E-state index contributed by atoms with van der Waals surface area (Å²) in [6.07, 6.45) is 5.16. The summed E-state index contributed by atoms with van der Waals surface area (Å²) in [5.74, 6) is 2.29. The third-order valence-electron chi connectivity index (χ3n) is 1.47. The van der Waals surface area contributed by atoms with E-state index in [-0.39, 0.29) is 12.4 Å². The minimum Gasteiger partial charge on any atom is -0.381 e. The molecule has 82 valence electrons. The average Bonchev–Trinajstić information content (AvgIpc) is 2.03. The lowest BCUT2D eigenvalue weighted by atomic mass is 10.1. The Morgan fingerprint density at radius 2 is 2.07 bits per heavy atom. The van der Waals surface area contributed by atoms with Crippen LogP contribution in [-0.4, -0.2) is 32.9 Å². The number of terminal acetylenes is 1. The summed E-state index contributed by atoms with van der Waals surface area (Å²) >= 11 is 0. The van der Waals surface area contributed by atoms with Crippen molar-refractivity contribution in [3.05, 3.63) is 0 Å². The quantitative estimate of drug-likeness (QED) is 0.518. The Balaban J connectivity index is 4.17. The summed E-state index contributed by atoms with van der Waals surface area (Å²) in [7, 11) is -3.34. The van der Waals surface area contributed by atoms with E-state index in [9.17, 15) is 8.42 Å². The van der Waals surface area contributed by atoms with Crippen LogP contribution in [0.3, 0.4) is 0 Å². The Kier molecular flexibility index (Phi) is 5.13. The molecule has 0 atom stereocenters. The Bertz CT molecular complexity index is 301. The SMILES string of the molecule is C#CC(C)(C)NS(=O)(=O)CCOCC. The highest BCUT2D eigenvalue weighted by atomic mass is 32.2. The first-order chi connectivity index (χ1) is 6.33. The number of hydrogen-bond donors (Lipinski definition) is 1. The van der Waals surface area contributed by atoms with E-state index in [1.807, 2.05) is 6.92 Å². The van der Waals surface area contributed by atoms with Gasteiger partial charge in [-0.2, -0.15) is 4.72 Å². The summed E-state index contributed by atoms with van der Waals surface area (Å²) in [6.45, 7) is 5.77. The molecule has 0 saturated heterocycles. The van der Waals surface area contributed by atoms with Gasteiger partial charge < -0.3 is 4.74 Å². The minimum absolute atomic E-state index is 0.0635. The smallest absolute Gasteiger partial charge is 0.215 e. The molecule has 0 rings (SSSR count). The van der Waals surface area contributed by atoms with Crippen LogP contribution in [0.5, 0.6) is 0 Å². The lowest BCUT2D eigenvalue weighted by Gasteiger charge is -2.19. The second kappa shape index (κ2) is 5.35. The van der Waals surface area contributed by atoms with Crippen molar-refractivity contribution in [3.8, 4) is 12.3 Å². The second-order valence-electron chi connectivity index (χ2n) is 3.39. The molecule has 0 spiro atoms. The third kappa shape index (κ3) is 5.97. The summed E-state index contributed by atoms with van der Waals surface area (Å²) < 4.78 is 30.1. The first-order valence-corrected chi connectivity index (χ1v) is 6.05. The molecule has 0 aliphatic carbocycles. The van der Waals surface area contributed by atoms with Crippen LogP contribution in [-0.2, 0) is 14.8 Å².